The Kier molecular flexibility index (Phi) is 4.26. The van der Waals surface area contributed by atoms with Crippen LogP contribution >= 0.6 is 0 Å². The summed E-state index contributed by atoms with van der Waals surface area (Å²) in [5.74, 6) is 1.17. The highest BCUT2D eigenvalue weighted by molar-refractivity contribution is 7.90. The summed E-state index contributed by atoms with van der Waals surface area (Å²) in [6.45, 7) is 0.604. The summed E-state index contributed by atoms with van der Waals surface area (Å²) in [6, 6.07) is 6.54. The van der Waals surface area contributed by atoms with Gasteiger partial charge >= 0.3 is 0 Å². The Morgan fingerprint density at radius 1 is 1.19 bits per heavy atom. The van der Waals surface area contributed by atoms with Gasteiger partial charge in [0.1, 0.15) is 5.75 Å². The van der Waals surface area contributed by atoms with Crippen LogP contribution in [-0.4, -0.2) is 30.8 Å². The van der Waals surface area contributed by atoms with Crippen LogP contribution in [0.5, 0.6) is 5.75 Å². The number of hydrogen-bond donors (Lipinski definition) is 0. The van der Waals surface area contributed by atoms with Crippen molar-refractivity contribution >= 4 is 20.6 Å². The van der Waals surface area contributed by atoms with E-state index in [-0.39, 0.29) is 10.5 Å². The second-order valence-electron chi connectivity index (χ2n) is 7.06. The van der Waals surface area contributed by atoms with Crippen LogP contribution in [0.15, 0.2) is 52.5 Å². The smallest absolute Gasteiger partial charge is 0.258 e. The maximum Gasteiger partial charge on any atom is 0.258 e. The van der Waals surface area contributed by atoms with Crippen molar-refractivity contribution in [3.63, 3.8) is 0 Å². The molecule has 2 heterocycles. The molecule has 1 aromatic carbocycles. The molecule has 0 saturated heterocycles. The lowest BCUT2D eigenvalue weighted by Gasteiger charge is -2.15. The van der Waals surface area contributed by atoms with Gasteiger partial charge in [-0.1, -0.05) is 0 Å². The third kappa shape index (κ3) is 3.47. The van der Waals surface area contributed by atoms with Gasteiger partial charge in [-0.25, -0.2) is 8.42 Å². The van der Waals surface area contributed by atoms with Crippen LogP contribution in [0.1, 0.15) is 12.8 Å². The lowest BCUT2D eigenvalue weighted by molar-refractivity contribution is 0.301. The van der Waals surface area contributed by atoms with Gasteiger partial charge in [0, 0.05) is 48.4 Å². The Morgan fingerprint density at radius 3 is 2.67 bits per heavy atom. The molecule has 140 valence electrons. The van der Waals surface area contributed by atoms with Crippen molar-refractivity contribution in [1.82, 2.24) is 9.55 Å². The highest BCUT2D eigenvalue weighted by Gasteiger charge is 2.23. The maximum atomic E-state index is 12.5. The first-order chi connectivity index (χ1) is 12.8. The number of fused-ring (bicyclic) bond motifs is 1. The van der Waals surface area contributed by atoms with Crippen LogP contribution in [0.4, 0.5) is 0 Å². The molecule has 1 aliphatic rings. The fourth-order valence-corrected chi connectivity index (χ4v) is 3.74. The van der Waals surface area contributed by atoms with Crippen molar-refractivity contribution in [2.45, 2.75) is 17.7 Å². The number of aromatic nitrogens is 2. The van der Waals surface area contributed by atoms with Crippen molar-refractivity contribution in [3.05, 3.63) is 53.2 Å². The molecule has 0 radical (unpaired) electrons. The van der Waals surface area contributed by atoms with E-state index in [1.54, 1.807) is 49.9 Å². The van der Waals surface area contributed by atoms with Crippen molar-refractivity contribution in [2.75, 3.05) is 12.9 Å². The van der Waals surface area contributed by atoms with Gasteiger partial charge in [0.2, 0.25) is 0 Å². The number of ether oxygens (including phenoxy) is 1. The van der Waals surface area contributed by atoms with Crippen molar-refractivity contribution in [1.29, 1.82) is 0 Å². The molecule has 4 rings (SSSR count). The van der Waals surface area contributed by atoms with Crippen LogP contribution < -0.4 is 10.3 Å². The summed E-state index contributed by atoms with van der Waals surface area (Å²) < 4.78 is 31.7. The van der Waals surface area contributed by atoms with Crippen LogP contribution in [0.3, 0.4) is 0 Å². The fraction of sp³-hybridized carbons (Fsp3) is 0.300. The molecule has 0 aliphatic heterocycles. The normalized spacial score (nSPS) is 14.4. The molecule has 27 heavy (non-hydrogen) atoms. The first kappa shape index (κ1) is 17.7. The van der Waals surface area contributed by atoms with E-state index in [1.165, 1.54) is 10.8 Å². The fourth-order valence-electron chi connectivity index (χ4n) is 3.09. The van der Waals surface area contributed by atoms with E-state index in [4.69, 9.17) is 4.74 Å². The average molecular weight is 384 g/mol. The lowest BCUT2D eigenvalue weighted by atomic mass is 10.0. The zero-order valence-corrected chi connectivity index (χ0v) is 16.0. The van der Waals surface area contributed by atoms with E-state index in [0.29, 0.717) is 34.6 Å². The molecule has 1 saturated carbocycles. The van der Waals surface area contributed by atoms with Gasteiger partial charge in [0.05, 0.1) is 16.9 Å². The van der Waals surface area contributed by atoms with Gasteiger partial charge in [0.25, 0.3) is 5.56 Å². The zero-order valence-electron chi connectivity index (χ0n) is 15.2. The first-order valence-corrected chi connectivity index (χ1v) is 10.6. The number of sulfone groups is 1. The summed E-state index contributed by atoms with van der Waals surface area (Å²) in [6.07, 6.45) is 8.40. The van der Waals surface area contributed by atoms with E-state index in [1.807, 2.05) is 0 Å². The van der Waals surface area contributed by atoms with Crippen molar-refractivity contribution in [3.8, 4) is 16.9 Å². The molecule has 3 aromatic rings. The summed E-state index contributed by atoms with van der Waals surface area (Å²) >= 11 is 0. The second-order valence-corrected chi connectivity index (χ2v) is 9.08. The average Bonchev–Trinajstić information content (AvgIpc) is 3.47. The third-order valence-corrected chi connectivity index (χ3v) is 5.94. The Bertz CT molecular complexity index is 1190. The van der Waals surface area contributed by atoms with Crippen LogP contribution in [0.25, 0.3) is 21.9 Å². The monoisotopic (exact) mass is 384 g/mol. The van der Waals surface area contributed by atoms with Gasteiger partial charge in [-0.15, -0.1) is 0 Å². The zero-order chi connectivity index (χ0) is 19.2. The molecule has 0 atom stereocenters. The van der Waals surface area contributed by atoms with E-state index >= 15 is 0 Å². The van der Waals surface area contributed by atoms with E-state index < -0.39 is 9.84 Å². The third-order valence-electron chi connectivity index (χ3n) is 4.83. The summed E-state index contributed by atoms with van der Waals surface area (Å²) in [5, 5.41) is 1.20. The standard InChI is InChI=1S/C20H20N2O4S/c1-22-11-18(17-10-21-8-7-15(17)20(22)23)16-9-14(27(2,24)25)5-6-19(16)26-12-13-3-4-13/h5-11,13H,3-4,12H2,1-2H3. The molecule has 1 aliphatic carbocycles. The minimum absolute atomic E-state index is 0.129. The quantitative estimate of drug-likeness (QED) is 0.676. The van der Waals surface area contributed by atoms with Gasteiger partial charge < -0.3 is 9.30 Å². The molecular formula is C20H20N2O4S. The maximum absolute atomic E-state index is 12.5. The first-order valence-electron chi connectivity index (χ1n) is 8.75. The van der Waals surface area contributed by atoms with Gasteiger partial charge in [-0.05, 0) is 43.0 Å². The predicted octanol–water partition coefficient (Wildman–Crippen LogP) is 2.79. The Balaban J connectivity index is 1.97. The van der Waals surface area contributed by atoms with Gasteiger partial charge in [0.15, 0.2) is 9.84 Å². The van der Waals surface area contributed by atoms with Gasteiger partial charge in [-0.3, -0.25) is 9.78 Å². The molecule has 0 amide bonds. The minimum Gasteiger partial charge on any atom is -0.493 e. The van der Waals surface area contributed by atoms with E-state index in [9.17, 15) is 13.2 Å². The van der Waals surface area contributed by atoms with Crippen LogP contribution in [0.2, 0.25) is 0 Å². The minimum atomic E-state index is -3.38. The molecule has 2 aromatic heterocycles. The molecular weight excluding hydrogens is 364 g/mol. The summed E-state index contributed by atoms with van der Waals surface area (Å²) in [7, 11) is -1.70. The number of nitrogens with zero attached hydrogens (tertiary/aromatic N) is 2. The Hall–Kier alpha value is -2.67. The number of benzene rings is 1. The second kappa shape index (κ2) is 6.49. The number of hydrogen-bond acceptors (Lipinski definition) is 5. The Labute approximate surface area is 157 Å². The van der Waals surface area contributed by atoms with E-state index in [0.717, 1.165) is 18.4 Å². The highest BCUT2D eigenvalue weighted by atomic mass is 32.2. The topological polar surface area (TPSA) is 78.3 Å². The predicted molar refractivity (Wildman–Crippen MR) is 104 cm³/mol. The molecule has 6 nitrogen and oxygen atoms in total. The SMILES string of the molecule is Cn1cc(-c2cc(S(C)(=O)=O)ccc2OCC2CC2)c2cnccc2c1=O. The molecule has 0 N–H and O–H groups in total. The molecule has 0 bridgehead atoms. The van der Waals surface area contributed by atoms with Crippen molar-refractivity contribution < 1.29 is 13.2 Å². The molecule has 1 fully saturated rings. The number of aryl methyl sites for hydroxylation is 1. The largest absolute Gasteiger partial charge is 0.493 e. The number of rotatable bonds is 5. The molecule has 0 spiro atoms. The molecule has 7 heteroatoms. The van der Waals surface area contributed by atoms with Crippen LogP contribution in [0, 0.1) is 5.92 Å². The summed E-state index contributed by atoms with van der Waals surface area (Å²) in [5.41, 5.74) is 1.24. The Morgan fingerprint density at radius 2 is 1.96 bits per heavy atom. The molecule has 0 unspecified atom stereocenters. The van der Waals surface area contributed by atoms with Crippen molar-refractivity contribution in [2.24, 2.45) is 13.0 Å². The number of pyridine rings is 2. The van der Waals surface area contributed by atoms with Gasteiger partial charge in [-0.2, -0.15) is 0 Å². The van der Waals surface area contributed by atoms with E-state index in [2.05, 4.69) is 4.98 Å². The lowest BCUT2D eigenvalue weighted by Crippen LogP contribution is -2.16. The highest BCUT2D eigenvalue weighted by Crippen LogP contribution is 2.37. The summed E-state index contributed by atoms with van der Waals surface area (Å²) in [4.78, 5) is 16.8. The van der Waals surface area contributed by atoms with Crippen LogP contribution in [-0.2, 0) is 16.9 Å².